The molecule has 24 heavy (non-hydrogen) atoms. The maximum Gasteiger partial charge on any atom is 0.416 e. The summed E-state index contributed by atoms with van der Waals surface area (Å²) in [5.41, 5.74) is -0.661. The summed E-state index contributed by atoms with van der Waals surface area (Å²) in [4.78, 5) is 4.46. The summed E-state index contributed by atoms with van der Waals surface area (Å²) in [6.45, 7) is 4.85. The Morgan fingerprint density at radius 3 is 2.50 bits per heavy atom. The van der Waals surface area contributed by atoms with Crippen molar-refractivity contribution in [1.82, 2.24) is 9.80 Å². The molecule has 0 N–H and O–H groups in total. The average Bonchev–Trinajstić information content (AvgIpc) is 2.40. The van der Waals surface area contributed by atoms with E-state index in [-0.39, 0.29) is 31.0 Å². The van der Waals surface area contributed by atoms with E-state index in [9.17, 15) is 13.2 Å². The van der Waals surface area contributed by atoms with Gasteiger partial charge >= 0.3 is 6.18 Å². The highest BCUT2D eigenvalue weighted by Crippen LogP contribution is 2.35. The van der Waals surface area contributed by atoms with Crippen molar-refractivity contribution in [2.45, 2.75) is 25.7 Å². The largest absolute Gasteiger partial charge is 0.475 e. The molecule has 0 aromatic heterocycles. The zero-order valence-electron chi connectivity index (χ0n) is 13.6. The number of benzene rings is 1. The molecule has 0 aliphatic carbocycles. The standard InChI is InChI=1S/C16H21F3N2O.2ClH/c1-11-6-12-9-20(2)10-21(8-11)15(12)22-14-5-3-4-13(7-14)16(17,18)19;;/h3-5,7,11-12,15H,6,8-10H2,1-2H3;2*1H. The molecule has 1 aromatic rings. The predicted molar refractivity (Wildman–Crippen MR) is 91.8 cm³/mol. The number of nitrogens with zero attached hydrogens (tertiary/aromatic N) is 2. The van der Waals surface area contributed by atoms with Gasteiger partial charge in [-0.25, -0.2) is 0 Å². The Bertz CT molecular complexity index is 514. The van der Waals surface area contributed by atoms with Crippen LogP contribution in [0.5, 0.6) is 5.75 Å². The minimum Gasteiger partial charge on any atom is -0.475 e. The first-order valence-corrected chi connectivity index (χ1v) is 7.59. The van der Waals surface area contributed by atoms with Crippen molar-refractivity contribution in [1.29, 1.82) is 0 Å². The Morgan fingerprint density at radius 2 is 1.88 bits per heavy atom. The van der Waals surface area contributed by atoms with E-state index in [1.54, 1.807) is 6.07 Å². The van der Waals surface area contributed by atoms with Gasteiger partial charge in [0.05, 0.1) is 12.2 Å². The van der Waals surface area contributed by atoms with Crippen LogP contribution < -0.4 is 4.74 Å². The van der Waals surface area contributed by atoms with Gasteiger partial charge in [-0.2, -0.15) is 13.2 Å². The van der Waals surface area contributed by atoms with Crippen LogP contribution in [0, 0.1) is 11.8 Å². The van der Waals surface area contributed by atoms with E-state index < -0.39 is 11.7 Å². The summed E-state index contributed by atoms with van der Waals surface area (Å²) in [5, 5.41) is 0. The highest BCUT2D eigenvalue weighted by atomic mass is 35.5. The molecule has 0 amide bonds. The lowest BCUT2D eigenvalue weighted by Gasteiger charge is -2.50. The lowest BCUT2D eigenvalue weighted by molar-refractivity contribution is -0.138. The Labute approximate surface area is 153 Å². The van der Waals surface area contributed by atoms with E-state index in [0.717, 1.165) is 38.3 Å². The number of fused-ring (bicyclic) bond motifs is 2. The van der Waals surface area contributed by atoms with Crippen LogP contribution in [-0.2, 0) is 6.18 Å². The highest BCUT2D eigenvalue weighted by molar-refractivity contribution is 5.85. The number of hydrogen-bond acceptors (Lipinski definition) is 3. The molecular weight excluding hydrogens is 364 g/mol. The monoisotopic (exact) mass is 386 g/mol. The zero-order chi connectivity index (χ0) is 15.9. The maximum absolute atomic E-state index is 12.8. The van der Waals surface area contributed by atoms with Gasteiger partial charge in [0, 0.05) is 19.0 Å². The molecular formula is C16H23Cl2F3N2O. The molecule has 2 aliphatic rings. The second kappa shape index (κ2) is 8.13. The van der Waals surface area contributed by atoms with Crippen LogP contribution in [-0.4, -0.2) is 42.8 Å². The number of rotatable bonds is 2. The fourth-order valence-electron chi connectivity index (χ4n) is 3.64. The van der Waals surface area contributed by atoms with Crippen molar-refractivity contribution in [2.24, 2.45) is 11.8 Å². The van der Waals surface area contributed by atoms with E-state index in [0.29, 0.717) is 17.6 Å². The number of hydrogen-bond donors (Lipinski definition) is 0. The Morgan fingerprint density at radius 1 is 1.17 bits per heavy atom. The first kappa shape index (κ1) is 21.4. The highest BCUT2D eigenvalue weighted by Gasteiger charge is 2.41. The summed E-state index contributed by atoms with van der Waals surface area (Å²) >= 11 is 0. The van der Waals surface area contributed by atoms with Crippen molar-refractivity contribution in [3.63, 3.8) is 0 Å². The van der Waals surface area contributed by atoms with Crippen LogP contribution in [0.25, 0.3) is 0 Å². The van der Waals surface area contributed by atoms with Gasteiger partial charge < -0.3 is 4.74 Å². The molecule has 0 saturated carbocycles. The molecule has 138 valence electrons. The number of ether oxygens (including phenoxy) is 1. The summed E-state index contributed by atoms with van der Waals surface area (Å²) < 4.78 is 44.4. The van der Waals surface area contributed by atoms with Gasteiger partial charge in [0.1, 0.15) is 5.75 Å². The average molecular weight is 387 g/mol. The van der Waals surface area contributed by atoms with Crippen LogP contribution in [0.3, 0.4) is 0 Å². The Hall–Kier alpha value is -0.690. The first-order chi connectivity index (χ1) is 10.3. The minimum atomic E-state index is -4.34. The van der Waals surface area contributed by atoms with Gasteiger partial charge in [0.2, 0.25) is 0 Å². The van der Waals surface area contributed by atoms with Gasteiger partial charge in [0.15, 0.2) is 6.23 Å². The summed E-state index contributed by atoms with van der Waals surface area (Å²) in [5.74, 6) is 1.23. The Kier molecular flexibility index (Phi) is 7.23. The van der Waals surface area contributed by atoms with Gasteiger partial charge in [0.25, 0.3) is 0 Å². The molecule has 8 heteroatoms. The van der Waals surface area contributed by atoms with Crippen LogP contribution >= 0.6 is 24.8 Å². The van der Waals surface area contributed by atoms with E-state index in [1.807, 2.05) is 0 Å². The third-order valence-electron chi connectivity index (χ3n) is 4.40. The van der Waals surface area contributed by atoms with Crippen LogP contribution in [0.15, 0.2) is 24.3 Å². The maximum atomic E-state index is 12.8. The quantitative estimate of drug-likeness (QED) is 0.760. The molecule has 4 unspecified atom stereocenters. The smallest absolute Gasteiger partial charge is 0.416 e. The number of piperidine rings is 1. The van der Waals surface area contributed by atoms with Crippen LogP contribution in [0.1, 0.15) is 18.9 Å². The molecule has 2 saturated heterocycles. The van der Waals surface area contributed by atoms with E-state index in [4.69, 9.17) is 4.74 Å². The van der Waals surface area contributed by atoms with E-state index in [2.05, 4.69) is 23.8 Å². The normalized spacial score (nSPS) is 30.0. The molecule has 2 heterocycles. The van der Waals surface area contributed by atoms with Crippen LogP contribution in [0.2, 0.25) is 0 Å². The fraction of sp³-hybridized carbons (Fsp3) is 0.625. The molecule has 1 aromatic carbocycles. The molecule has 3 rings (SSSR count). The molecule has 2 bridgehead atoms. The molecule has 4 atom stereocenters. The van der Waals surface area contributed by atoms with Gasteiger partial charge in [-0.05, 0) is 37.6 Å². The summed E-state index contributed by atoms with van der Waals surface area (Å²) in [7, 11) is 2.07. The van der Waals surface area contributed by atoms with E-state index in [1.165, 1.54) is 6.07 Å². The first-order valence-electron chi connectivity index (χ1n) is 7.59. The van der Waals surface area contributed by atoms with Gasteiger partial charge in [-0.3, -0.25) is 9.80 Å². The molecule has 0 radical (unpaired) electrons. The SMILES string of the molecule is CC1CC2CN(C)CN(C1)C2Oc1cccc(C(F)(F)F)c1.Cl.Cl. The third-order valence-corrected chi connectivity index (χ3v) is 4.40. The second-order valence-electron chi connectivity index (χ2n) is 6.59. The minimum absolute atomic E-state index is 0. The Balaban J connectivity index is 0.00000144. The van der Waals surface area contributed by atoms with Crippen molar-refractivity contribution in [3.05, 3.63) is 29.8 Å². The fourth-order valence-corrected chi connectivity index (χ4v) is 3.64. The summed E-state index contributed by atoms with van der Waals surface area (Å²) in [6.07, 6.45) is -3.42. The third kappa shape index (κ3) is 4.69. The lowest BCUT2D eigenvalue weighted by Crippen LogP contribution is -2.61. The predicted octanol–water partition coefficient (Wildman–Crippen LogP) is 4.11. The van der Waals surface area contributed by atoms with Gasteiger partial charge in [-0.1, -0.05) is 13.0 Å². The molecule has 2 fully saturated rings. The molecule has 2 aliphatic heterocycles. The number of alkyl halides is 3. The van der Waals surface area contributed by atoms with Crippen molar-refractivity contribution < 1.29 is 17.9 Å². The van der Waals surface area contributed by atoms with Crippen molar-refractivity contribution in [2.75, 3.05) is 26.8 Å². The molecule has 0 spiro atoms. The number of halogens is 5. The second-order valence-corrected chi connectivity index (χ2v) is 6.59. The van der Waals surface area contributed by atoms with E-state index >= 15 is 0 Å². The lowest BCUT2D eigenvalue weighted by atomic mass is 9.87. The van der Waals surface area contributed by atoms with Crippen molar-refractivity contribution in [3.8, 4) is 5.75 Å². The van der Waals surface area contributed by atoms with Crippen LogP contribution in [0.4, 0.5) is 13.2 Å². The topological polar surface area (TPSA) is 15.7 Å². The molecule has 3 nitrogen and oxygen atoms in total. The van der Waals surface area contributed by atoms with Crippen molar-refractivity contribution >= 4 is 24.8 Å². The zero-order valence-corrected chi connectivity index (χ0v) is 15.3. The van der Waals surface area contributed by atoms with Gasteiger partial charge in [-0.15, -0.1) is 24.8 Å². The summed E-state index contributed by atoms with van der Waals surface area (Å²) in [6, 6.07) is 5.18.